The van der Waals surface area contributed by atoms with E-state index in [-0.39, 0.29) is 18.6 Å². The summed E-state index contributed by atoms with van der Waals surface area (Å²) in [6.45, 7) is 4.11. The Morgan fingerprint density at radius 2 is 1.39 bits per heavy atom. The maximum Gasteiger partial charge on any atom is 0.303 e. The molecule has 3 nitrogen and oxygen atoms in total. The summed E-state index contributed by atoms with van der Waals surface area (Å²) in [4.78, 5) is 22.2. The zero-order valence-electron chi connectivity index (χ0n) is 16.0. The number of Topliss-reactive ketones (excluding diaryl/α,β-unsaturated/α-hetero) is 1. The Bertz CT molecular complexity index is 929. The summed E-state index contributed by atoms with van der Waals surface area (Å²) < 4.78 is 1.15. The van der Waals surface area contributed by atoms with Crippen molar-refractivity contribution >= 4 is 27.7 Å². The number of aryl methyl sites for hydroxylation is 2. The van der Waals surface area contributed by atoms with Gasteiger partial charge in [-0.1, -0.05) is 87.7 Å². The molecule has 0 saturated heterocycles. The van der Waals surface area contributed by atoms with Crippen LogP contribution in [-0.4, -0.2) is 16.9 Å². The van der Waals surface area contributed by atoms with E-state index in [2.05, 4.69) is 41.1 Å². The molecular formula is C24H23BrO3. The molecule has 0 spiro atoms. The van der Waals surface area contributed by atoms with E-state index in [0.717, 1.165) is 15.6 Å². The van der Waals surface area contributed by atoms with Crippen molar-refractivity contribution < 1.29 is 14.7 Å². The molecule has 0 radical (unpaired) electrons. The molecule has 3 aromatic rings. The third-order valence-corrected chi connectivity index (χ3v) is 4.60. The molecular weight excluding hydrogens is 416 g/mol. The fraction of sp³-hybridized carbons (Fsp3) is 0.167. The number of carbonyl (C=O) groups is 2. The topological polar surface area (TPSA) is 54.4 Å². The van der Waals surface area contributed by atoms with Crippen LogP contribution in [0.2, 0.25) is 0 Å². The van der Waals surface area contributed by atoms with Crippen molar-refractivity contribution in [3.05, 3.63) is 94.0 Å². The molecule has 28 heavy (non-hydrogen) atoms. The standard InChI is InChI=1S/C17H16O3.C7H7Br/c1-12-3-2-4-15(11-12)13-5-7-14(8-6-13)16(18)9-10-17(19)20;1-6-3-2-4-7(8)5-6/h2-8,11H,9-10H2,1H3,(H,19,20);2-5H,1H3. The number of carboxylic acids is 1. The Labute approximate surface area is 174 Å². The summed E-state index contributed by atoms with van der Waals surface area (Å²) in [5.74, 6) is -1.09. The van der Waals surface area contributed by atoms with Crippen molar-refractivity contribution in [3.63, 3.8) is 0 Å². The molecule has 4 heteroatoms. The van der Waals surface area contributed by atoms with Crippen LogP contribution in [0.3, 0.4) is 0 Å². The predicted octanol–water partition coefficient (Wildman–Crippen LogP) is 6.47. The molecule has 0 heterocycles. The van der Waals surface area contributed by atoms with E-state index in [4.69, 9.17) is 5.11 Å². The van der Waals surface area contributed by atoms with Crippen molar-refractivity contribution in [1.82, 2.24) is 0 Å². The van der Waals surface area contributed by atoms with Gasteiger partial charge in [0, 0.05) is 16.5 Å². The fourth-order valence-corrected chi connectivity index (χ4v) is 3.16. The molecule has 144 valence electrons. The number of carbonyl (C=O) groups excluding carboxylic acids is 1. The summed E-state index contributed by atoms with van der Waals surface area (Å²) in [5, 5.41) is 8.58. The number of hydrogen-bond acceptors (Lipinski definition) is 2. The number of aliphatic carboxylic acids is 1. The van der Waals surface area contributed by atoms with E-state index in [0.29, 0.717) is 5.56 Å². The fourth-order valence-electron chi connectivity index (χ4n) is 2.64. The second kappa shape index (κ2) is 10.6. The van der Waals surface area contributed by atoms with Crippen LogP contribution in [0.15, 0.2) is 77.3 Å². The minimum Gasteiger partial charge on any atom is -0.481 e. The number of rotatable bonds is 5. The van der Waals surface area contributed by atoms with Gasteiger partial charge in [-0.3, -0.25) is 9.59 Å². The summed E-state index contributed by atoms with van der Waals surface area (Å²) in [6, 6.07) is 23.6. The molecule has 0 fully saturated rings. The lowest BCUT2D eigenvalue weighted by Crippen LogP contribution is -2.03. The lowest BCUT2D eigenvalue weighted by atomic mass is 10.00. The minimum absolute atomic E-state index is 0.0408. The Morgan fingerprint density at radius 3 is 1.89 bits per heavy atom. The van der Waals surface area contributed by atoms with Crippen LogP contribution < -0.4 is 0 Å². The first-order valence-electron chi connectivity index (χ1n) is 8.99. The van der Waals surface area contributed by atoms with Gasteiger partial charge in [-0.25, -0.2) is 0 Å². The average Bonchev–Trinajstić information content (AvgIpc) is 2.66. The molecule has 0 saturated carbocycles. The lowest BCUT2D eigenvalue weighted by molar-refractivity contribution is -0.136. The SMILES string of the molecule is Cc1cccc(-c2ccc(C(=O)CCC(=O)O)cc2)c1.Cc1cccc(Br)c1. The van der Waals surface area contributed by atoms with Crippen LogP contribution in [0.4, 0.5) is 0 Å². The summed E-state index contributed by atoms with van der Waals surface area (Å²) in [6.07, 6.45) is -0.0857. The highest BCUT2D eigenvalue weighted by atomic mass is 79.9. The van der Waals surface area contributed by atoms with E-state index in [1.807, 2.05) is 49.4 Å². The Balaban J connectivity index is 0.000000292. The molecule has 1 N–H and O–H groups in total. The zero-order valence-corrected chi connectivity index (χ0v) is 17.6. The first kappa shape index (κ1) is 21.6. The normalized spacial score (nSPS) is 9.96. The maximum atomic E-state index is 11.8. The highest BCUT2D eigenvalue weighted by Gasteiger charge is 2.08. The van der Waals surface area contributed by atoms with E-state index in [1.165, 1.54) is 11.1 Å². The van der Waals surface area contributed by atoms with Gasteiger partial charge in [0.25, 0.3) is 0 Å². The van der Waals surface area contributed by atoms with Crippen LogP contribution in [0.25, 0.3) is 11.1 Å². The predicted molar refractivity (Wildman–Crippen MR) is 117 cm³/mol. The molecule has 3 aromatic carbocycles. The van der Waals surface area contributed by atoms with Gasteiger partial charge in [-0.15, -0.1) is 0 Å². The van der Waals surface area contributed by atoms with Crippen LogP contribution in [0.1, 0.15) is 34.3 Å². The van der Waals surface area contributed by atoms with Crippen LogP contribution in [0.5, 0.6) is 0 Å². The average molecular weight is 439 g/mol. The summed E-state index contributed by atoms with van der Waals surface area (Å²) >= 11 is 3.36. The van der Waals surface area contributed by atoms with Gasteiger partial charge in [-0.2, -0.15) is 0 Å². The number of ketones is 1. The highest BCUT2D eigenvalue weighted by molar-refractivity contribution is 9.10. The number of benzene rings is 3. The molecule has 0 aliphatic carbocycles. The van der Waals surface area contributed by atoms with E-state index >= 15 is 0 Å². The molecule has 3 rings (SSSR count). The highest BCUT2D eigenvalue weighted by Crippen LogP contribution is 2.21. The lowest BCUT2D eigenvalue weighted by Gasteiger charge is -2.04. The van der Waals surface area contributed by atoms with E-state index in [9.17, 15) is 9.59 Å². The zero-order chi connectivity index (χ0) is 20.5. The summed E-state index contributed by atoms with van der Waals surface area (Å²) in [5.41, 5.74) is 5.18. The van der Waals surface area contributed by atoms with Crippen LogP contribution in [-0.2, 0) is 4.79 Å². The van der Waals surface area contributed by atoms with Gasteiger partial charge in [0.15, 0.2) is 5.78 Å². The first-order chi connectivity index (χ1) is 13.3. The minimum atomic E-state index is -0.949. The second-order valence-corrected chi connectivity index (χ2v) is 7.48. The van der Waals surface area contributed by atoms with Gasteiger partial charge in [-0.05, 0) is 37.1 Å². The van der Waals surface area contributed by atoms with Gasteiger partial charge < -0.3 is 5.11 Å². The maximum absolute atomic E-state index is 11.8. The van der Waals surface area contributed by atoms with Crippen molar-refractivity contribution in [3.8, 4) is 11.1 Å². The third-order valence-electron chi connectivity index (χ3n) is 4.10. The second-order valence-electron chi connectivity index (χ2n) is 6.56. The Hall–Kier alpha value is -2.72. The van der Waals surface area contributed by atoms with E-state index in [1.54, 1.807) is 12.1 Å². The molecule has 0 aromatic heterocycles. The van der Waals surface area contributed by atoms with Crippen molar-refractivity contribution in [2.75, 3.05) is 0 Å². The van der Waals surface area contributed by atoms with Gasteiger partial charge in [0.1, 0.15) is 0 Å². The van der Waals surface area contributed by atoms with Crippen molar-refractivity contribution in [2.24, 2.45) is 0 Å². The molecule has 0 aliphatic rings. The first-order valence-corrected chi connectivity index (χ1v) is 9.79. The quantitative estimate of drug-likeness (QED) is 0.464. The van der Waals surface area contributed by atoms with E-state index < -0.39 is 5.97 Å². The molecule has 0 aliphatic heterocycles. The van der Waals surface area contributed by atoms with Crippen molar-refractivity contribution in [2.45, 2.75) is 26.7 Å². The monoisotopic (exact) mass is 438 g/mol. The molecule has 0 amide bonds. The molecule has 0 unspecified atom stereocenters. The Kier molecular flexibility index (Phi) is 8.15. The Morgan fingerprint density at radius 1 is 0.786 bits per heavy atom. The number of halogens is 1. The van der Waals surface area contributed by atoms with Gasteiger partial charge >= 0.3 is 5.97 Å². The number of hydrogen-bond donors (Lipinski definition) is 1. The number of carboxylic acid groups (broad SMARTS) is 1. The smallest absolute Gasteiger partial charge is 0.303 e. The largest absolute Gasteiger partial charge is 0.481 e. The van der Waals surface area contributed by atoms with Gasteiger partial charge in [0.2, 0.25) is 0 Å². The summed E-state index contributed by atoms with van der Waals surface area (Å²) in [7, 11) is 0. The molecule has 0 atom stereocenters. The molecule has 0 bridgehead atoms. The third kappa shape index (κ3) is 7.12. The van der Waals surface area contributed by atoms with Crippen molar-refractivity contribution in [1.29, 1.82) is 0 Å². The van der Waals surface area contributed by atoms with Gasteiger partial charge in [0.05, 0.1) is 6.42 Å². The van der Waals surface area contributed by atoms with Crippen LogP contribution >= 0.6 is 15.9 Å². The van der Waals surface area contributed by atoms with Crippen LogP contribution in [0, 0.1) is 13.8 Å².